The first-order valence-electron chi connectivity index (χ1n) is 4.87. The largest absolute Gasteiger partial charge is 0.418 e. The van der Waals surface area contributed by atoms with Crippen LogP contribution in [0.3, 0.4) is 0 Å². The molecule has 1 aromatic carbocycles. The van der Waals surface area contributed by atoms with Crippen molar-refractivity contribution in [3.05, 3.63) is 41.7 Å². The third kappa shape index (κ3) is 2.25. The Labute approximate surface area is 95.7 Å². The molecule has 1 aromatic heterocycles. The molecule has 0 aliphatic heterocycles. The molecule has 1 heterocycles. The molecule has 6 heteroatoms. The van der Waals surface area contributed by atoms with Crippen molar-refractivity contribution in [3.8, 4) is 5.69 Å². The van der Waals surface area contributed by atoms with Crippen molar-refractivity contribution in [2.24, 2.45) is 0 Å². The molecule has 0 aliphatic rings. The third-order valence-corrected chi connectivity index (χ3v) is 2.30. The number of nitrogens with zero attached hydrogens (tertiary/aromatic N) is 2. The van der Waals surface area contributed by atoms with Crippen molar-refractivity contribution in [2.75, 3.05) is 5.73 Å². The van der Waals surface area contributed by atoms with Crippen molar-refractivity contribution in [2.45, 2.75) is 13.1 Å². The van der Waals surface area contributed by atoms with E-state index in [0.717, 1.165) is 6.07 Å². The summed E-state index contributed by atoms with van der Waals surface area (Å²) in [7, 11) is 0. The molecule has 0 saturated heterocycles. The van der Waals surface area contributed by atoms with Crippen molar-refractivity contribution in [3.63, 3.8) is 0 Å². The van der Waals surface area contributed by atoms with Gasteiger partial charge in [-0.2, -0.15) is 18.3 Å². The highest BCUT2D eigenvalue weighted by molar-refractivity contribution is 5.52. The van der Waals surface area contributed by atoms with Gasteiger partial charge in [0, 0.05) is 11.9 Å². The van der Waals surface area contributed by atoms with Gasteiger partial charge in [-0.15, -0.1) is 0 Å². The van der Waals surface area contributed by atoms with Crippen LogP contribution in [0.5, 0.6) is 0 Å². The van der Waals surface area contributed by atoms with Crippen LogP contribution in [0.15, 0.2) is 30.5 Å². The number of aryl methyl sites for hydroxylation is 1. The number of nitrogens with two attached hydrogens (primary N) is 1. The molecule has 17 heavy (non-hydrogen) atoms. The maximum absolute atomic E-state index is 12.8. The smallest absolute Gasteiger partial charge is 0.399 e. The highest BCUT2D eigenvalue weighted by Gasteiger charge is 2.34. The number of aromatic nitrogens is 2. The Morgan fingerprint density at radius 1 is 1.24 bits per heavy atom. The van der Waals surface area contributed by atoms with Crippen LogP contribution in [0.4, 0.5) is 18.9 Å². The summed E-state index contributed by atoms with van der Waals surface area (Å²) in [6, 6.07) is 5.27. The second-order valence-electron chi connectivity index (χ2n) is 3.68. The normalized spacial score (nSPS) is 11.8. The van der Waals surface area contributed by atoms with Gasteiger partial charge in [-0.1, -0.05) is 0 Å². The second-order valence-corrected chi connectivity index (χ2v) is 3.68. The minimum absolute atomic E-state index is 0.0280. The van der Waals surface area contributed by atoms with E-state index in [2.05, 4.69) is 5.10 Å². The molecule has 0 spiro atoms. The average molecular weight is 241 g/mol. The van der Waals surface area contributed by atoms with E-state index in [1.54, 1.807) is 13.0 Å². The predicted molar refractivity (Wildman–Crippen MR) is 57.7 cm³/mol. The first-order valence-corrected chi connectivity index (χ1v) is 4.87. The maximum Gasteiger partial charge on any atom is 0.418 e. The Kier molecular flexibility index (Phi) is 2.57. The SMILES string of the molecule is Cc1ccn(-c2ccc(N)cc2C(F)(F)F)n1. The standard InChI is InChI=1S/C11H10F3N3/c1-7-4-5-17(16-7)10-3-2-8(15)6-9(10)11(12,13)14/h2-6H,15H2,1H3. The highest BCUT2D eigenvalue weighted by Crippen LogP contribution is 2.34. The van der Waals surface area contributed by atoms with Crippen molar-refractivity contribution >= 4 is 5.69 Å². The zero-order valence-corrected chi connectivity index (χ0v) is 8.99. The lowest BCUT2D eigenvalue weighted by Crippen LogP contribution is -2.12. The Balaban J connectivity index is 2.61. The number of nitrogen functional groups attached to an aromatic ring is 1. The van der Waals surface area contributed by atoms with Crippen LogP contribution in [0.1, 0.15) is 11.3 Å². The Hall–Kier alpha value is -1.98. The quantitative estimate of drug-likeness (QED) is 0.780. The Morgan fingerprint density at radius 3 is 2.47 bits per heavy atom. The second kappa shape index (κ2) is 3.80. The van der Waals surface area contributed by atoms with Gasteiger partial charge in [0.05, 0.1) is 16.9 Å². The Bertz CT molecular complexity index is 543. The van der Waals surface area contributed by atoms with Gasteiger partial charge in [0.2, 0.25) is 0 Å². The number of hydrogen-bond acceptors (Lipinski definition) is 2. The number of benzene rings is 1. The van der Waals surface area contributed by atoms with Crippen LogP contribution in [0.2, 0.25) is 0 Å². The van der Waals surface area contributed by atoms with Gasteiger partial charge in [-0.3, -0.25) is 0 Å². The van der Waals surface area contributed by atoms with E-state index in [-0.39, 0.29) is 11.4 Å². The molecule has 2 aromatic rings. The van der Waals surface area contributed by atoms with Gasteiger partial charge >= 0.3 is 6.18 Å². The van der Waals surface area contributed by atoms with Crippen LogP contribution in [-0.4, -0.2) is 9.78 Å². The summed E-state index contributed by atoms with van der Waals surface area (Å²) in [6.45, 7) is 1.71. The number of anilines is 1. The lowest BCUT2D eigenvalue weighted by molar-refractivity contribution is -0.137. The zero-order chi connectivity index (χ0) is 12.6. The van der Waals surface area contributed by atoms with E-state index >= 15 is 0 Å². The predicted octanol–water partition coefficient (Wildman–Crippen LogP) is 2.78. The molecule has 3 nitrogen and oxygen atoms in total. The summed E-state index contributed by atoms with van der Waals surface area (Å²) in [4.78, 5) is 0. The maximum atomic E-state index is 12.8. The highest BCUT2D eigenvalue weighted by atomic mass is 19.4. The van der Waals surface area contributed by atoms with E-state index in [0.29, 0.717) is 5.69 Å². The molecule has 0 bridgehead atoms. The molecular formula is C11H10F3N3. The van der Waals surface area contributed by atoms with Crippen LogP contribution in [-0.2, 0) is 6.18 Å². The first-order chi connectivity index (χ1) is 7.88. The van der Waals surface area contributed by atoms with Crippen LogP contribution in [0, 0.1) is 6.92 Å². The molecule has 90 valence electrons. The molecule has 0 atom stereocenters. The summed E-state index contributed by atoms with van der Waals surface area (Å²) in [5, 5.41) is 3.96. The van der Waals surface area contributed by atoms with Crippen LogP contribution in [0.25, 0.3) is 5.69 Å². The van der Waals surface area contributed by atoms with E-state index in [9.17, 15) is 13.2 Å². The van der Waals surface area contributed by atoms with E-state index < -0.39 is 11.7 Å². The molecule has 0 radical (unpaired) electrons. The monoisotopic (exact) mass is 241 g/mol. The number of halogens is 3. The summed E-state index contributed by atoms with van der Waals surface area (Å²) in [5.41, 5.74) is 5.28. The van der Waals surface area contributed by atoms with Gasteiger partial charge in [-0.25, -0.2) is 4.68 Å². The first kappa shape index (κ1) is 11.5. The minimum atomic E-state index is -4.45. The molecule has 0 unspecified atom stereocenters. The van der Waals surface area contributed by atoms with Gasteiger partial charge in [0.25, 0.3) is 0 Å². The topological polar surface area (TPSA) is 43.8 Å². The van der Waals surface area contributed by atoms with Gasteiger partial charge in [-0.05, 0) is 31.2 Å². The van der Waals surface area contributed by atoms with Crippen LogP contribution < -0.4 is 5.73 Å². The molecular weight excluding hydrogens is 231 g/mol. The molecule has 2 rings (SSSR count). The lowest BCUT2D eigenvalue weighted by atomic mass is 10.1. The number of hydrogen-bond donors (Lipinski definition) is 1. The van der Waals surface area contributed by atoms with E-state index in [1.807, 2.05) is 0 Å². The van der Waals surface area contributed by atoms with Gasteiger partial charge in [0.15, 0.2) is 0 Å². The van der Waals surface area contributed by atoms with Gasteiger partial charge in [0.1, 0.15) is 0 Å². The van der Waals surface area contributed by atoms with E-state index in [4.69, 9.17) is 5.73 Å². The van der Waals surface area contributed by atoms with Crippen molar-refractivity contribution in [1.82, 2.24) is 9.78 Å². The van der Waals surface area contributed by atoms with Gasteiger partial charge < -0.3 is 5.73 Å². The fourth-order valence-corrected chi connectivity index (χ4v) is 1.53. The minimum Gasteiger partial charge on any atom is -0.399 e. The van der Waals surface area contributed by atoms with Crippen molar-refractivity contribution in [1.29, 1.82) is 0 Å². The summed E-state index contributed by atoms with van der Waals surface area (Å²) in [5.74, 6) is 0. The fraction of sp³-hybridized carbons (Fsp3) is 0.182. The van der Waals surface area contributed by atoms with Crippen LogP contribution >= 0.6 is 0 Å². The van der Waals surface area contributed by atoms with Crippen molar-refractivity contribution < 1.29 is 13.2 Å². The number of rotatable bonds is 1. The molecule has 0 saturated carbocycles. The Morgan fingerprint density at radius 2 is 1.94 bits per heavy atom. The molecule has 0 aliphatic carbocycles. The molecule has 2 N–H and O–H groups in total. The number of alkyl halides is 3. The van der Waals surface area contributed by atoms with E-state index in [1.165, 1.54) is 23.0 Å². The summed E-state index contributed by atoms with van der Waals surface area (Å²) < 4.78 is 39.7. The average Bonchev–Trinajstić information content (AvgIpc) is 2.63. The summed E-state index contributed by atoms with van der Waals surface area (Å²) >= 11 is 0. The summed E-state index contributed by atoms with van der Waals surface area (Å²) in [6.07, 6.45) is -2.97. The zero-order valence-electron chi connectivity index (χ0n) is 8.99. The fourth-order valence-electron chi connectivity index (χ4n) is 1.53. The molecule has 0 amide bonds. The lowest BCUT2D eigenvalue weighted by Gasteiger charge is -2.13. The molecule has 0 fully saturated rings. The third-order valence-electron chi connectivity index (χ3n) is 2.30.